The molecule has 0 amide bonds. The van der Waals surface area contributed by atoms with E-state index in [9.17, 15) is 0 Å². The first-order chi connectivity index (χ1) is 8.94. The quantitative estimate of drug-likeness (QED) is 0.388. The second kappa shape index (κ2) is 5.72. The second-order valence-electron chi connectivity index (χ2n) is 5.14. The van der Waals surface area contributed by atoms with Crippen molar-refractivity contribution in [1.29, 1.82) is 0 Å². The maximum Gasteiger partial charge on any atom is 0.138 e. The normalized spacial score (nSPS) is 45.6. The smallest absolute Gasteiger partial charge is 0.126 e. The van der Waals surface area contributed by atoms with Gasteiger partial charge in [-0.1, -0.05) is 23.2 Å². The first-order valence-corrected chi connectivity index (χ1v) is 9.69. The van der Waals surface area contributed by atoms with Crippen molar-refractivity contribution in [3.05, 3.63) is 0 Å². The van der Waals surface area contributed by atoms with E-state index in [1.807, 2.05) is 0 Å². The summed E-state index contributed by atoms with van der Waals surface area (Å²) in [6.07, 6.45) is 0.185. The summed E-state index contributed by atoms with van der Waals surface area (Å²) < 4.78 is -2.80. The van der Waals surface area contributed by atoms with Gasteiger partial charge in [-0.25, -0.2) is 0 Å². The monoisotopic (exact) mass is 478 g/mol. The minimum atomic E-state index is -1.40. The van der Waals surface area contributed by atoms with Crippen LogP contribution in [0.1, 0.15) is 6.42 Å². The Morgan fingerprint density at radius 1 is 0.950 bits per heavy atom. The van der Waals surface area contributed by atoms with E-state index in [-0.39, 0.29) is 12.3 Å². The predicted molar refractivity (Wildman–Crippen MR) is 93.2 cm³/mol. The van der Waals surface area contributed by atoms with Crippen LogP contribution < -0.4 is 0 Å². The molecule has 0 nitrogen and oxygen atoms in total. The van der Waals surface area contributed by atoms with Crippen LogP contribution in [0.5, 0.6) is 0 Å². The summed E-state index contributed by atoms with van der Waals surface area (Å²) in [6.45, 7) is 0. The molecule has 2 fully saturated rings. The molecular formula is C10H8Cl10. The fourth-order valence-corrected chi connectivity index (χ4v) is 9.37. The molecule has 0 aliphatic heterocycles. The lowest BCUT2D eigenvalue weighted by Gasteiger charge is -2.50. The van der Waals surface area contributed by atoms with Crippen LogP contribution in [0.2, 0.25) is 0 Å². The van der Waals surface area contributed by atoms with Crippen LogP contribution in [0, 0.1) is 16.7 Å². The van der Waals surface area contributed by atoms with Gasteiger partial charge in [-0.3, -0.25) is 0 Å². The van der Waals surface area contributed by atoms with Gasteiger partial charge in [0.15, 0.2) is 0 Å². The molecule has 118 valence electrons. The van der Waals surface area contributed by atoms with E-state index in [1.54, 1.807) is 0 Å². The molecule has 2 aliphatic rings. The van der Waals surface area contributed by atoms with Crippen LogP contribution in [-0.4, -0.2) is 29.6 Å². The van der Waals surface area contributed by atoms with E-state index < -0.39 is 40.5 Å². The van der Waals surface area contributed by atoms with Crippen molar-refractivity contribution in [2.75, 3.05) is 5.88 Å². The third kappa shape index (κ3) is 1.97. The zero-order chi connectivity index (χ0) is 15.7. The molecular weight excluding hydrogens is 475 g/mol. The Morgan fingerprint density at radius 2 is 1.45 bits per heavy atom. The molecule has 0 radical (unpaired) electrons. The van der Waals surface area contributed by atoms with Crippen LogP contribution >= 0.6 is 116 Å². The number of alkyl halides is 10. The molecule has 1 unspecified atom stereocenters. The van der Waals surface area contributed by atoms with Gasteiger partial charge in [0, 0.05) is 17.2 Å². The standard InChI is InChI=1S/C10H8Cl10/c11-2-7(5(13)14)3-1-8(17,18)9(7,6(15)16)4(12)10(3,19)20/h3-6H,1-2H2/t3-,4?,7-,9+/m0/s1. The molecule has 2 saturated carbocycles. The van der Waals surface area contributed by atoms with Crippen LogP contribution in [0.4, 0.5) is 0 Å². The average molecular weight is 483 g/mol. The Kier molecular flexibility index (Phi) is 5.50. The number of rotatable bonds is 3. The largest absolute Gasteiger partial charge is 0.138 e. The third-order valence-electron chi connectivity index (χ3n) is 4.61. The molecule has 0 aromatic carbocycles. The molecule has 0 aromatic rings. The van der Waals surface area contributed by atoms with E-state index in [0.29, 0.717) is 0 Å². The zero-order valence-electron chi connectivity index (χ0n) is 9.50. The summed E-state index contributed by atoms with van der Waals surface area (Å²) in [6, 6.07) is 0. The molecule has 20 heavy (non-hydrogen) atoms. The van der Waals surface area contributed by atoms with E-state index in [4.69, 9.17) is 116 Å². The predicted octanol–water partition coefficient (Wildman–Crippen LogP) is 6.79. The molecule has 2 bridgehead atoms. The van der Waals surface area contributed by atoms with E-state index in [2.05, 4.69) is 0 Å². The van der Waals surface area contributed by atoms with Crippen LogP contribution in [0.25, 0.3) is 0 Å². The number of hydrogen-bond donors (Lipinski definition) is 0. The van der Waals surface area contributed by atoms with Crippen molar-refractivity contribution in [1.82, 2.24) is 0 Å². The Bertz CT molecular complexity index is 407. The van der Waals surface area contributed by atoms with Crippen molar-refractivity contribution in [2.24, 2.45) is 16.7 Å². The number of fused-ring (bicyclic) bond motifs is 2. The highest BCUT2D eigenvalue weighted by atomic mass is 35.5. The minimum absolute atomic E-state index is 0.0309. The van der Waals surface area contributed by atoms with Crippen molar-refractivity contribution >= 4 is 116 Å². The molecule has 2 aliphatic carbocycles. The topological polar surface area (TPSA) is 0 Å². The van der Waals surface area contributed by atoms with Gasteiger partial charge in [-0.05, 0) is 6.42 Å². The van der Waals surface area contributed by atoms with Gasteiger partial charge >= 0.3 is 0 Å². The summed E-state index contributed by atoms with van der Waals surface area (Å²) in [4.78, 5) is -2.10. The molecule has 4 atom stereocenters. The van der Waals surface area contributed by atoms with E-state index in [0.717, 1.165) is 0 Å². The number of halogens is 10. The molecule has 0 heterocycles. The Hall–Kier alpha value is 2.90. The second-order valence-corrected chi connectivity index (χ2v) is 11.0. The van der Waals surface area contributed by atoms with Crippen molar-refractivity contribution in [2.45, 2.75) is 30.1 Å². The van der Waals surface area contributed by atoms with E-state index >= 15 is 0 Å². The molecule has 0 N–H and O–H groups in total. The molecule has 10 heteroatoms. The molecule has 0 saturated heterocycles. The van der Waals surface area contributed by atoms with Crippen molar-refractivity contribution in [3.8, 4) is 0 Å². The highest BCUT2D eigenvalue weighted by Gasteiger charge is 2.87. The highest BCUT2D eigenvalue weighted by molar-refractivity contribution is 6.58. The van der Waals surface area contributed by atoms with E-state index in [1.165, 1.54) is 0 Å². The lowest BCUT2D eigenvalue weighted by atomic mass is 9.69. The molecule has 0 aromatic heterocycles. The fourth-order valence-electron chi connectivity index (χ4n) is 3.69. The lowest BCUT2D eigenvalue weighted by Crippen LogP contribution is -2.59. The molecule has 0 spiro atoms. The molecule has 2 rings (SSSR count). The Balaban J connectivity index is 2.81. The van der Waals surface area contributed by atoms with Crippen LogP contribution in [0.15, 0.2) is 0 Å². The minimum Gasteiger partial charge on any atom is -0.126 e. The van der Waals surface area contributed by atoms with Gasteiger partial charge in [0.05, 0.1) is 10.8 Å². The Labute approximate surface area is 167 Å². The van der Waals surface area contributed by atoms with Crippen LogP contribution in [0.3, 0.4) is 0 Å². The average Bonchev–Trinajstić information content (AvgIpc) is 2.61. The Morgan fingerprint density at radius 3 is 1.75 bits per heavy atom. The maximum absolute atomic E-state index is 6.47. The summed E-state index contributed by atoms with van der Waals surface area (Å²) in [5.74, 6) is -0.579. The van der Waals surface area contributed by atoms with Gasteiger partial charge in [0.1, 0.15) is 18.3 Å². The summed E-state index contributed by atoms with van der Waals surface area (Å²) in [5, 5.41) is -0.967. The zero-order valence-corrected chi connectivity index (χ0v) is 17.1. The first kappa shape index (κ1) is 19.2. The number of hydrogen-bond acceptors (Lipinski definition) is 0. The van der Waals surface area contributed by atoms with Crippen molar-refractivity contribution in [3.63, 3.8) is 0 Å². The van der Waals surface area contributed by atoms with Gasteiger partial charge in [0.2, 0.25) is 0 Å². The fraction of sp³-hybridized carbons (Fsp3) is 1.00. The summed E-state index contributed by atoms with van der Waals surface area (Å²) >= 11 is 63.2. The van der Waals surface area contributed by atoms with Crippen molar-refractivity contribution < 1.29 is 0 Å². The van der Waals surface area contributed by atoms with Gasteiger partial charge in [0.25, 0.3) is 0 Å². The van der Waals surface area contributed by atoms with Gasteiger partial charge in [-0.2, -0.15) is 0 Å². The maximum atomic E-state index is 6.47. The van der Waals surface area contributed by atoms with Gasteiger partial charge < -0.3 is 0 Å². The van der Waals surface area contributed by atoms with Crippen LogP contribution in [-0.2, 0) is 0 Å². The highest BCUT2D eigenvalue weighted by Crippen LogP contribution is 2.83. The summed E-state index contributed by atoms with van der Waals surface area (Å²) in [7, 11) is 0. The lowest BCUT2D eigenvalue weighted by molar-refractivity contribution is 0.137. The SMILES string of the molecule is ClC[C@@]1(C(Cl)Cl)[C@@H]2CC(Cl)(Cl)[C@@]1(C(Cl)Cl)C(Cl)C2(Cl)Cl. The van der Waals surface area contributed by atoms with Gasteiger partial charge in [-0.15, -0.1) is 92.8 Å². The first-order valence-electron chi connectivity index (χ1n) is 5.46. The third-order valence-corrected chi connectivity index (χ3v) is 9.33. The summed E-state index contributed by atoms with van der Waals surface area (Å²) in [5.41, 5.74) is -2.46.